The Kier molecular flexibility index (Phi) is 5.37. The van der Waals surface area contributed by atoms with Crippen molar-refractivity contribution in [3.05, 3.63) is 24.3 Å². The minimum atomic E-state index is -1.47. The second kappa shape index (κ2) is 6.01. The van der Waals surface area contributed by atoms with Crippen molar-refractivity contribution in [3.8, 4) is 0 Å². The molecule has 0 aromatic heterocycles. The first kappa shape index (κ1) is 13.4. The van der Waals surface area contributed by atoms with Crippen LogP contribution in [0.1, 0.15) is 13.8 Å². The number of ether oxygens (including phenoxy) is 2. The molecule has 0 aliphatic heterocycles. The first-order valence-corrected chi connectivity index (χ1v) is 4.53. The monoisotopic (exact) mass is 212 g/mol. The summed E-state index contributed by atoms with van der Waals surface area (Å²) >= 11 is 0. The van der Waals surface area contributed by atoms with Gasteiger partial charge in [-0.25, -0.2) is 0 Å². The highest BCUT2D eigenvalue weighted by molar-refractivity contribution is 6.04. The quantitative estimate of drug-likeness (QED) is 0.402. The first-order chi connectivity index (χ1) is 7.08. The zero-order valence-electron chi connectivity index (χ0n) is 9.44. The molecule has 0 aliphatic carbocycles. The number of hydrogen-bond acceptors (Lipinski definition) is 4. The Labute approximate surface area is 89.6 Å². The molecular weight excluding hydrogens is 196 g/mol. The highest BCUT2D eigenvalue weighted by atomic mass is 16.5. The van der Waals surface area contributed by atoms with Crippen molar-refractivity contribution >= 4 is 11.9 Å². The van der Waals surface area contributed by atoms with Gasteiger partial charge >= 0.3 is 11.9 Å². The third-order valence-corrected chi connectivity index (χ3v) is 1.91. The molecule has 0 bridgehead atoms. The van der Waals surface area contributed by atoms with Crippen molar-refractivity contribution in [2.24, 2.45) is 5.41 Å². The molecule has 0 rings (SSSR count). The highest BCUT2D eigenvalue weighted by Gasteiger charge is 2.43. The van der Waals surface area contributed by atoms with E-state index in [2.05, 4.69) is 9.47 Å². The van der Waals surface area contributed by atoms with E-state index in [0.717, 1.165) is 0 Å². The summed E-state index contributed by atoms with van der Waals surface area (Å²) in [7, 11) is 2.46. The van der Waals surface area contributed by atoms with Crippen LogP contribution in [-0.4, -0.2) is 26.2 Å². The SMILES string of the molecule is C/C=C/C(/C=C/C)(C(=O)OC)C(=O)OC. The van der Waals surface area contributed by atoms with E-state index in [0.29, 0.717) is 0 Å². The fraction of sp³-hybridized carbons (Fsp3) is 0.455. The van der Waals surface area contributed by atoms with E-state index >= 15 is 0 Å². The van der Waals surface area contributed by atoms with E-state index in [9.17, 15) is 9.59 Å². The molecule has 0 aromatic carbocycles. The summed E-state index contributed by atoms with van der Waals surface area (Å²) in [5.74, 6) is -1.32. The summed E-state index contributed by atoms with van der Waals surface area (Å²) in [5.41, 5.74) is -1.47. The number of allylic oxidation sites excluding steroid dienone is 2. The molecule has 0 amide bonds. The zero-order chi connectivity index (χ0) is 11.9. The molecule has 0 radical (unpaired) electrons. The molecule has 4 heteroatoms. The summed E-state index contributed by atoms with van der Waals surface area (Å²) in [6, 6.07) is 0. The lowest BCUT2D eigenvalue weighted by molar-refractivity contribution is -0.161. The maximum atomic E-state index is 11.6. The number of carbonyl (C=O) groups is 2. The van der Waals surface area contributed by atoms with Gasteiger partial charge < -0.3 is 9.47 Å². The molecule has 0 saturated heterocycles. The fourth-order valence-corrected chi connectivity index (χ4v) is 1.27. The Morgan fingerprint density at radius 3 is 1.47 bits per heavy atom. The van der Waals surface area contributed by atoms with E-state index < -0.39 is 17.4 Å². The van der Waals surface area contributed by atoms with Crippen molar-refractivity contribution < 1.29 is 19.1 Å². The van der Waals surface area contributed by atoms with Gasteiger partial charge in [0.05, 0.1) is 14.2 Å². The van der Waals surface area contributed by atoms with Gasteiger partial charge in [-0.1, -0.05) is 24.3 Å². The van der Waals surface area contributed by atoms with Crippen LogP contribution in [0.25, 0.3) is 0 Å². The molecule has 0 atom stereocenters. The maximum absolute atomic E-state index is 11.6. The summed E-state index contributed by atoms with van der Waals surface area (Å²) < 4.78 is 9.20. The summed E-state index contributed by atoms with van der Waals surface area (Å²) in [6.45, 7) is 3.42. The minimum absolute atomic E-state index is 0.662. The number of hydrogen-bond donors (Lipinski definition) is 0. The van der Waals surface area contributed by atoms with Crippen LogP contribution in [0.2, 0.25) is 0 Å². The van der Waals surface area contributed by atoms with Crippen molar-refractivity contribution in [1.29, 1.82) is 0 Å². The van der Waals surface area contributed by atoms with E-state index in [-0.39, 0.29) is 0 Å². The van der Waals surface area contributed by atoms with E-state index in [1.54, 1.807) is 26.0 Å². The predicted molar refractivity (Wildman–Crippen MR) is 56.1 cm³/mol. The van der Waals surface area contributed by atoms with Crippen LogP contribution in [0.15, 0.2) is 24.3 Å². The van der Waals surface area contributed by atoms with Crippen molar-refractivity contribution in [2.45, 2.75) is 13.8 Å². The van der Waals surface area contributed by atoms with Gasteiger partial charge in [0, 0.05) is 0 Å². The van der Waals surface area contributed by atoms with Gasteiger partial charge in [0.15, 0.2) is 0 Å². The van der Waals surface area contributed by atoms with E-state index in [4.69, 9.17) is 0 Å². The van der Waals surface area contributed by atoms with E-state index in [1.165, 1.54) is 26.4 Å². The smallest absolute Gasteiger partial charge is 0.331 e. The third-order valence-electron chi connectivity index (χ3n) is 1.91. The topological polar surface area (TPSA) is 52.6 Å². The van der Waals surface area contributed by atoms with Crippen LogP contribution in [0.4, 0.5) is 0 Å². The molecule has 0 aliphatic rings. The zero-order valence-corrected chi connectivity index (χ0v) is 9.44. The Morgan fingerprint density at radius 2 is 1.27 bits per heavy atom. The minimum Gasteiger partial charge on any atom is -0.468 e. The number of carbonyl (C=O) groups excluding carboxylic acids is 2. The summed E-state index contributed by atoms with van der Waals surface area (Å²) in [5, 5.41) is 0. The molecule has 0 fully saturated rings. The van der Waals surface area contributed by atoms with Gasteiger partial charge in [-0.05, 0) is 13.8 Å². The van der Waals surface area contributed by atoms with Gasteiger partial charge in [-0.15, -0.1) is 0 Å². The number of esters is 2. The molecular formula is C11H16O4. The largest absolute Gasteiger partial charge is 0.468 e. The lowest BCUT2D eigenvalue weighted by atomic mass is 9.87. The fourth-order valence-electron chi connectivity index (χ4n) is 1.27. The Bertz CT molecular complexity index is 259. The average Bonchev–Trinajstić information content (AvgIpc) is 2.26. The Hall–Kier alpha value is -1.58. The van der Waals surface area contributed by atoms with Gasteiger partial charge in [0.25, 0.3) is 0 Å². The molecule has 0 aromatic rings. The molecule has 0 spiro atoms. The van der Waals surface area contributed by atoms with Crippen LogP contribution in [0, 0.1) is 5.41 Å². The highest BCUT2D eigenvalue weighted by Crippen LogP contribution is 2.25. The average molecular weight is 212 g/mol. The summed E-state index contributed by atoms with van der Waals surface area (Å²) in [6.07, 6.45) is 6.11. The van der Waals surface area contributed by atoms with Crippen molar-refractivity contribution in [2.75, 3.05) is 14.2 Å². The second-order valence-electron chi connectivity index (χ2n) is 2.85. The van der Waals surface area contributed by atoms with Crippen LogP contribution in [0.3, 0.4) is 0 Å². The van der Waals surface area contributed by atoms with Crippen LogP contribution in [-0.2, 0) is 19.1 Å². The Morgan fingerprint density at radius 1 is 0.933 bits per heavy atom. The van der Waals surface area contributed by atoms with E-state index in [1.807, 2.05) is 0 Å². The van der Waals surface area contributed by atoms with Gasteiger partial charge in [-0.3, -0.25) is 9.59 Å². The Balaban J connectivity index is 5.45. The number of rotatable bonds is 4. The second-order valence-corrected chi connectivity index (χ2v) is 2.85. The van der Waals surface area contributed by atoms with Crippen LogP contribution < -0.4 is 0 Å². The van der Waals surface area contributed by atoms with Gasteiger partial charge in [0.2, 0.25) is 5.41 Å². The molecule has 0 unspecified atom stereocenters. The lowest BCUT2D eigenvalue weighted by Crippen LogP contribution is -2.37. The normalized spacial score (nSPS) is 12.0. The molecule has 0 saturated carbocycles. The lowest BCUT2D eigenvalue weighted by Gasteiger charge is -2.20. The molecule has 0 N–H and O–H groups in total. The first-order valence-electron chi connectivity index (χ1n) is 4.53. The van der Waals surface area contributed by atoms with Crippen LogP contribution in [0.5, 0.6) is 0 Å². The third kappa shape index (κ3) is 2.68. The van der Waals surface area contributed by atoms with Gasteiger partial charge in [-0.2, -0.15) is 0 Å². The van der Waals surface area contributed by atoms with Gasteiger partial charge in [0.1, 0.15) is 0 Å². The van der Waals surface area contributed by atoms with Crippen molar-refractivity contribution in [1.82, 2.24) is 0 Å². The van der Waals surface area contributed by atoms with Crippen LogP contribution >= 0.6 is 0 Å². The molecule has 4 nitrogen and oxygen atoms in total. The maximum Gasteiger partial charge on any atom is 0.331 e. The number of methoxy groups -OCH3 is 2. The predicted octanol–water partition coefficient (Wildman–Crippen LogP) is 1.47. The van der Waals surface area contributed by atoms with Crippen molar-refractivity contribution in [3.63, 3.8) is 0 Å². The molecule has 0 heterocycles. The molecule has 84 valence electrons. The summed E-state index contributed by atoms with van der Waals surface area (Å²) in [4.78, 5) is 23.2. The molecule has 15 heavy (non-hydrogen) atoms. The standard InChI is InChI=1S/C11H16O4/c1-5-7-11(8-6-2,9(12)14-3)10(13)15-4/h5-8H,1-4H3/b7-5+,8-6+.